The largest absolute Gasteiger partial charge is 0.489 e. The molecule has 1 rings (SSSR count). The second-order valence-electron chi connectivity index (χ2n) is 5.50. The molecule has 2 N–H and O–H groups in total. The molecule has 1 amide bonds. The first kappa shape index (κ1) is 16.4. The van der Waals surface area contributed by atoms with Crippen LogP contribution in [0, 0.1) is 5.92 Å². The van der Waals surface area contributed by atoms with Crippen molar-refractivity contribution in [2.45, 2.75) is 46.3 Å². The van der Waals surface area contributed by atoms with Gasteiger partial charge in [0.1, 0.15) is 0 Å². The van der Waals surface area contributed by atoms with Crippen LogP contribution >= 0.6 is 0 Å². The lowest BCUT2D eigenvalue weighted by Gasteiger charge is -2.19. The van der Waals surface area contributed by atoms with Gasteiger partial charge in [-0.3, -0.25) is 4.79 Å². The smallest absolute Gasteiger partial charge is 0.274 e. The molecule has 0 radical (unpaired) electrons. The van der Waals surface area contributed by atoms with Crippen LogP contribution in [0.5, 0.6) is 5.75 Å². The van der Waals surface area contributed by atoms with Crippen molar-refractivity contribution in [3.8, 4) is 5.75 Å². The summed E-state index contributed by atoms with van der Waals surface area (Å²) in [6, 6.07) is 3.18. The summed E-state index contributed by atoms with van der Waals surface area (Å²) in [5, 5.41) is 12.1. The predicted octanol–water partition coefficient (Wildman–Crippen LogP) is 2.01. The zero-order valence-corrected chi connectivity index (χ0v) is 12.6. The first-order chi connectivity index (χ1) is 9.43. The summed E-state index contributed by atoms with van der Waals surface area (Å²) in [4.78, 5) is 16.3. The van der Waals surface area contributed by atoms with Gasteiger partial charge in [0.05, 0.1) is 18.8 Å². The molecule has 1 unspecified atom stereocenters. The molecule has 0 aliphatic rings. The summed E-state index contributed by atoms with van der Waals surface area (Å²) < 4.78 is 5.58. The Bertz CT molecular complexity index is 433. The maximum Gasteiger partial charge on any atom is 0.274 e. The fraction of sp³-hybridized carbons (Fsp3) is 0.600. The lowest BCUT2D eigenvalue weighted by molar-refractivity contribution is 0.0897. The van der Waals surface area contributed by atoms with Gasteiger partial charge in [-0.15, -0.1) is 0 Å². The van der Waals surface area contributed by atoms with Crippen LogP contribution in [0.2, 0.25) is 0 Å². The summed E-state index contributed by atoms with van der Waals surface area (Å²) in [5.74, 6) is 0.532. The van der Waals surface area contributed by atoms with Crippen molar-refractivity contribution in [3.05, 3.63) is 24.0 Å². The molecule has 1 atom stereocenters. The van der Waals surface area contributed by atoms with Gasteiger partial charge in [0, 0.05) is 6.20 Å². The van der Waals surface area contributed by atoms with Gasteiger partial charge in [-0.25, -0.2) is 4.98 Å². The molecule has 0 bridgehead atoms. The van der Waals surface area contributed by atoms with E-state index in [4.69, 9.17) is 4.74 Å². The molecular formula is C15H24N2O3. The van der Waals surface area contributed by atoms with Gasteiger partial charge in [0.2, 0.25) is 0 Å². The van der Waals surface area contributed by atoms with Crippen LogP contribution in [0.1, 0.15) is 44.6 Å². The van der Waals surface area contributed by atoms with E-state index in [2.05, 4.69) is 10.3 Å². The van der Waals surface area contributed by atoms with E-state index in [1.807, 2.05) is 27.7 Å². The van der Waals surface area contributed by atoms with Crippen LogP contribution in [-0.4, -0.2) is 34.8 Å². The highest BCUT2D eigenvalue weighted by molar-refractivity contribution is 5.95. The number of amides is 1. The highest BCUT2D eigenvalue weighted by atomic mass is 16.5. The molecule has 0 aliphatic carbocycles. The minimum Gasteiger partial charge on any atom is -0.489 e. The number of aliphatic hydroxyl groups excluding tert-OH is 1. The Morgan fingerprint density at radius 3 is 2.65 bits per heavy atom. The van der Waals surface area contributed by atoms with E-state index < -0.39 is 0 Å². The van der Waals surface area contributed by atoms with E-state index in [0.29, 0.717) is 11.7 Å². The van der Waals surface area contributed by atoms with E-state index in [9.17, 15) is 9.90 Å². The van der Waals surface area contributed by atoms with Crippen molar-refractivity contribution < 1.29 is 14.6 Å². The standard InChI is InChI=1S/C15H24N2O3/c1-10(2)8-12(9-18)17-15(19)14-13(20-11(3)4)6-5-7-16-14/h5-7,10-12,18H,8-9H2,1-4H3,(H,17,19). The Labute approximate surface area is 120 Å². The Morgan fingerprint density at radius 2 is 2.10 bits per heavy atom. The van der Waals surface area contributed by atoms with E-state index in [1.54, 1.807) is 18.3 Å². The van der Waals surface area contributed by atoms with E-state index in [-0.39, 0.29) is 30.4 Å². The molecule has 0 aromatic carbocycles. The van der Waals surface area contributed by atoms with Crippen LogP contribution in [-0.2, 0) is 0 Å². The Hall–Kier alpha value is -1.62. The lowest BCUT2D eigenvalue weighted by atomic mass is 10.0. The number of carbonyl (C=O) groups is 1. The van der Waals surface area contributed by atoms with Crippen molar-refractivity contribution in [1.82, 2.24) is 10.3 Å². The molecule has 1 heterocycles. The summed E-state index contributed by atoms with van der Waals surface area (Å²) in [6.07, 6.45) is 2.24. The first-order valence-electron chi connectivity index (χ1n) is 6.97. The molecule has 0 aliphatic heterocycles. The van der Waals surface area contributed by atoms with E-state index in [1.165, 1.54) is 0 Å². The number of pyridine rings is 1. The van der Waals surface area contributed by atoms with E-state index >= 15 is 0 Å². The number of aromatic nitrogens is 1. The number of hydrogen-bond donors (Lipinski definition) is 2. The summed E-state index contributed by atoms with van der Waals surface area (Å²) >= 11 is 0. The van der Waals surface area contributed by atoms with Crippen molar-refractivity contribution in [2.24, 2.45) is 5.92 Å². The third-order valence-corrected chi connectivity index (χ3v) is 2.66. The SMILES string of the molecule is CC(C)CC(CO)NC(=O)c1ncccc1OC(C)C. The first-order valence-corrected chi connectivity index (χ1v) is 6.97. The minimum absolute atomic E-state index is 0.0324. The monoisotopic (exact) mass is 280 g/mol. The van der Waals surface area contributed by atoms with Crippen LogP contribution in [0.25, 0.3) is 0 Å². The normalized spacial score (nSPS) is 12.6. The van der Waals surface area contributed by atoms with Gasteiger partial charge in [0.25, 0.3) is 5.91 Å². The van der Waals surface area contributed by atoms with Crippen molar-refractivity contribution in [2.75, 3.05) is 6.61 Å². The topological polar surface area (TPSA) is 71.5 Å². The summed E-state index contributed by atoms with van der Waals surface area (Å²) in [5.41, 5.74) is 0.253. The number of aliphatic hydroxyl groups is 1. The third kappa shape index (κ3) is 5.17. The molecule has 112 valence electrons. The van der Waals surface area contributed by atoms with Gasteiger partial charge in [-0.1, -0.05) is 13.8 Å². The maximum atomic E-state index is 12.2. The number of nitrogens with one attached hydrogen (secondary N) is 1. The van der Waals surface area contributed by atoms with Crippen molar-refractivity contribution >= 4 is 5.91 Å². The van der Waals surface area contributed by atoms with Gasteiger partial charge in [-0.05, 0) is 38.3 Å². The third-order valence-electron chi connectivity index (χ3n) is 2.66. The van der Waals surface area contributed by atoms with Crippen LogP contribution < -0.4 is 10.1 Å². The van der Waals surface area contributed by atoms with Crippen LogP contribution in [0.15, 0.2) is 18.3 Å². The van der Waals surface area contributed by atoms with E-state index in [0.717, 1.165) is 6.42 Å². The quantitative estimate of drug-likeness (QED) is 0.801. The number of hydrogen-bond acceptors (Lipinski definition) is 4. The zero-order chi connectivity index (χ0) is 15.1. The minimum atomic E-state index is -0.319. The van der Waals surface area contributed by atoms with Gasteiger partial charge >= 0.3 is 0 Å². The molecular weight excluding hydrogens is 256 g/mol. The van der Waals surface area contributed by atoms with Crippen LogP contribution in [0.4, 0.5) is 0 Å². The molecule has 0 saturated carbocycles. The number of carbonyl (C=O) groups excluding carboxylic acids is 1. The molecule has 0 spiro atoms. The highest BCUT2D eigenvalue weighted by Crippen LogP contribution is 2.17. The van der Waals surface area contributed by atoms with Gasteiger partial charge in [0.15, 0.2) is 11.4 Å². The van der Waals surface area contributed by atoms with Crippen LogP contribution in [0.3, 0.4) is 0 Å². The van der Waals surface area contributed by atoms with Crippen molar-refractivity contribution in [1.29, 1.82) is 0 Å². The average molecular weight is 280 g/mol. The fourth-order valence-corrected chi connectivity index (χ4v) is 1.91. The highest BCUT2D eigenvalue weighted by Gasteiger charge is 2.19. The number of rotatable bonds is 7. The maximum absolute atomic E-state index is 12.2. The Morgan fingerprint density at radius 1 is 1.40 bits per heavy atom. The molecule has 1 aromatic rings. The van der Waals surface area contributed by atoms with Gasteiger partial charge < -0.3 is 15.2 Å². The van der Waals surface area contributed by atoms with Gasteiger partial charge in [-0.2, -0.15) is 0 Å². The zero-order valence-electron chi connectivity index (χ0n) is 12.6. The molecule has 20 heavy (non-hydrogen) atoms. The summed E-state index contributed by atoms with van der Waals surface area (Å²) in [6.45, 7) is 7.79. The molecule has 5 heteroatoms. The predicted molar refractivity (Wildman–Crippen MR) is 77.8 cm³/mol. The summed E-state index contributed by atoms with van der Waals surface area (Å²) in [7, 11) is 0. The number of ether oxygens (including phenoxy) is 1. The van der Waals surface area contributed by atoms with Crippen molar-refractivity contribution in [3.63, 3.8) is 0 Å². The molecule has 5 nitrogen and oxygen atoms in total. The molecule has 1 aromatic heterocycles. The average Bonchev–Trinajstić information content (AvgIpc) is 2.37. The molecule has 0 fully saturated rings. The Balaban J connectivity index is 2.80. The lowest BCUT2D eigenvalue weighted by Crippen LogP contribution is -2.39. The second-order valence-corrected chi connectivity index (χ2v) is 5.50. The molecule has 0 saturated heterocycles. The fourth-order valence-electron chi connectivity index (χ4n) is 1.91. The second kappa shape index (κ2) is 7.85. The Kier molecular flexibility index (Phi) is 6.45. The number of nitrogens with zero attached hydrogens (tertiary/aromatic N) is 1.